The third-order valence-electron chi connectivity index (χ3n) is 4.40. The number of benzene rings is 1. The van der Waals surface area contributed by atoms with Crippen LogP contribution in [0.2, 0.25) is 0 Å². The molecule has 2 N–H and O–H groups in total. The molecule has 118 valence electrons. The second kappa shape index (κ2) is 6.48. The first-order chi connectivity index (χ1) is 10.6. The van der Waals surface area contributed by atoms with Crippen LogP contribution in [0.3, 0.4) is 0 Å². The molecule has 2 amide bonds. The van der Waals surface area contributed by atoms with Crippen molar-refractivity contribution in [3.63, 3.8) is 0 Å². The van der Waals surface area contributed by atoms with Crippen LogP contribution in [0.15, 0.2) is 24.3 Å². The first-order valence-electron chi connectivity index (χ1n) is 8.05. The van der Waals surface area contributed by atoms with Crippen LogP contribution >= 0.6 is 0 Å². The molecule has 1 aliphatic heterocycles. The molecule has 0 spiro atoms. The Hall–Kier alpha value is -1.88. The highest BCUT2D eigenvalue weighted by Gasteiger charge is 2.26. The Morgan fingerprint density at radius 2 is 1.82 bits per heavy atom. The number of amides is 2. The summed E-state index contributed by atoms with van der Waals surface area (Å²) in [6.07, 6.45) is 5.32. The van der Waals surface area contributed by atoms with Crippen molar-refractivity contribution in [2.45, 2.75) is 44.2 Å². The van der Waals surface area contributed by atoms with Crippen LogP contribution in [0, 0.1) is 0 Å². The van der Waals surface area contributed by atoms with Crippen molar-refractivity contribution < 1.29 is 9.59 Å². The van der Waals surface area contributed by atoms with Gasteiger partial charge in [-0.25, -0.2) is 0 Å². The predicted octanol–water partition coefficient (Wildman–Crippen LogP) is 2.00. The van der Waals surface area contributed by atoms with E-state index in [0.717, 1.165) is 44.3 Å². The first-order valence-corrected chi connectivity index (χ1v) is 8.05. The molecule has 1 atom stereocenters. The van der Waals surface area contributed by atoms with Gasteiger partial charge in [-0.1, -0.05) is 6.42 Å². The van der Waals surface area contributed by atoms with E-state index < -0.39 is 0 Å². The molecule has 1 saturated carbocycles. The number of anilines is 1. The van der Waals surface area contributed by atoms with Crippen LogP contribution in [-0.4, -0.2) is 42.4 Å². The van der Waals surface area contributed by atoms with Gasteiger partial charge in [0.05, 0.1) is 6.04 Å². The van der Waals surface area contributed by atoms with Crippen LogP contribution < -0.4 is 10.6 Å². The predicted molar refractivity (Wildman–Crippen MR) is 85.8 cm³/mol. The average Bonchev–Trinajstić information content (AvgIpc) is 3.32. The molecule has 3 rings (SSSR count). The summed E-state index contributed by atoms with van der Waals surface area (Å²) in [6.45, 7) is 0.971. The molecule has 0 aromatic heterocycles. The second-order valence-electron chi connectivity index (χ2n) is 6.31. The summed E-state index contributed by atoms with van der Waals surface area (Å²) in [7, 11) is 1.99. The number of likely N-dealkylation sites (tertiary alicyclic amines) is 1. The molecule has 0 unspecified atom stereocenters. The van der Waals surface area contributed by atoms with E-state index in [4.69, 9.17) is 0 Å². The van der Waals surface area contributed by atoms with Gasteiger partial charge < -0.3 is 10.6 Å². The van der Waals surface area contributed by atoms with Gasteiger partial charge in [0.1, 0.15) is 0 Å². The molecule has 1 aromatic rings. The number of nitrogens with zero attached hydrogens (tertiary/aromatic N) is 1. The van der Waals surface area contributed by atoms with E-state index in [-0.39, 0.29) is 17.9 Å². The van der Waals surface area contributed by atoms with Crippen LogP contribution in [0.5, 0.6) is 0 Å². The number of carbonyl (C=O) groups excluding carboxylic acids is 2. The Balaban J connectivity index is 1.57. The van der Waals surface area contributed by atoms with Gasteiger partial charge in [0.25, 0.3) is 5.91 Å². The lowest BCUT2D eigenvalue weighted by Crippen LogP contribution is -2.44. The normalized spacial score (nSPS) is 22.1. The van der Waals surface area contributed by atoms with Gasteiger partial charge >= 0.3 is 0 Å². The molecular formula is C17H23N3O2. The molecule has 22 heavy (non-hydrogen) atoms. The van der Waals surface area contributed by atoms with Crippen LogP contribution in [0.1, 0.15) is 42.5 Å². The fourth-order valence-corrected chi connectivity index (χ4v) is 2.83. The molecule has 1 aliphatic carbocycles. The minimum Gasteiger partial charge on any atom is -0.349 e. The van der Waals surface area contributed by atoms with Crippen LogP contribution in [0.4, 0.5) is 5.69 Å². The second-order valence-corrected chi connectivity index (χ2v) is 6.31. The maximum absolute atomic E-state index is 12.3. The number of likely N-dealkylation sites (N-methyl/N-ethyl adjacent to an activating group) is 1. The zero-order valence-electron chi connectivity index (χ0n) is 13.0. The summed E-state index contributed by atoms with van der Waals surface area (Å²) < 4.78 is 0. The third-order valence-corrected chi connectivity index (χ3v) is 4.40. The molecule has 1 aromatic carbocycles. The van der Waals surface area contributed by atoms with Gasteiger partial charge in [0.2, 0.25) is 5.91 Å². The molecule has 5 nitrogen and oxygen atoms in total. The van der Waals surface area contributed by atoms with Crippen LogP contribution in [0.25, 0.3) is 0 Å². The van der Waals surface area contributed by atoms with Crippen molar-refractivity contribution >= 4 is 17.5 Å². The van der Waals surface area contributed by atoms with Gasteiger partial charge in [-0.15, -0.1) is 0 Å². The zero-order valence-corrected chi connectivity index (χ0v) is 13.0. The number of piperidine rings is 1. The third kappa shape index (κ3) is 3.65. The molecule has 0 radical (unpaired) electrons. The van der Waals surface area contributed by atoms with E-state index in [1.54, 1.807) is 24.3 Å². The first kappa shape index (κ1) is 15.0. The van der Waals surface area contributed by atoms with Crippen molar-refractivity contribution in [2.24, 2.45) is 0 Å². The Morgan fingerprint density at radius 3 is 2.45 bits per heavy atom. The van der Waals surface area contributed by atoms with Gasteiger partial charge in [-0.3, -0.25) is 14.5 Å². The highest BCUT2D eigenvalue weighted by Crippen LogP contribution is 2.20. The van der Waals surface area contributed by atoms with Gasteiger partial charge in [0, 0.05) is 17.3 Å². The van der Waals surface area contributed by atoms with E-state index in [1.165, 1.54) is 0 Å². The smallest absolute Gasteiger partial charge is 0.251 e. The van der Waals surface area contributed by atoms with E-state index in [9.17, 15) is 9.59 Å². The standard InChI is InChI=1S/C17H23N3O2/c1-20-11-3-2-4-15(20)17(22)19-13-7-5-12(6-8-13)16(21)18-14-9-10-14/h5-8,14-15H,2-4,9-11H2,1H3,(H,18,21)(H,19,22)/t15-/m1/s1. The van der Waals surface area contributed by atoms with Crippen molar-refractivity contribution in [1.82, 2.24) is 10.2 Å². The van der Waals surface area contributed by atoms with E-state index in [2.05, 4.69) is 15.5 Å². The molecular weight excluding hydrogens is 278 g/mol. The Kier molecular flexibility index (Phi) is 4.43. The lowest BCUT2D eigenvalue weighted by atomic mass is 10.0. The maximum Gasteiger partial charge on any atom is 0.251 e. The minimum absolute atomic E-state index is 0.0348. The minimum atomic E-state index is -0.0495. The quantitative estimate of drug-likeness (QED) is 0.894. The number of carbonyl (C=O) groups is 2. The monoisotopic (exact) mass is 301 g/mol. The van der Waals surface area contributed by atoms with Gasteiger partial charge in [-0.2, -0.15) is 0 Å². The Bertz CT molecular complexity index is 552. The lowest BCUT2D eigenvalue weighted by molar-refractivity contribution is -0.121. The molecule has 2 fully saturated rings. The summed E-state index contributed by atoms with van der Waals surface area (Å²) in [5.74, 6) is 0.00442. The topological polar surface area (TPSA) is 61.4 Å². The van der Waals surface area contributed by atoms with Gasteiger partial charge in [0.15, 0.2) is 0 Å². The van der Waals surface area contributed by atoms with Crippen molar-refractivity contribution in [2.75, 3.05) is 18.9 Å². The number of hydrogen-bond acceptors (Lipinski definition) is 3. The van der Waals surface area contributed by atoms with Crippen molar-refractivity contribution in [1.29, 1.82) is 0 Å². The molecule has 1 heterocycles. The van der Waals surface area contributed by atoms with E-state index in [0.29, 0.717) is 11.6 Å². The summed E-state index contributed by atoms with van der Waals surface area (Å²) in [4.78, 5) is 26.3. The lowest BCUT2D eigenvalue weighted by Gasteiger charge is -2.31. The number of nitrogens with one attached hydrogen (secondary N) is 2. The maximum atomic E-state index is 12.3. The summed E-state index contributed by atoms with van der Waals surface area (Å²) in [6, 6.07) is 7.42. The van der Waals surface area contributed by atoms with Crippen molar-refractivity contribution in [3.8, 4) is 0 Å². The Labute approximate surface area is 131 Å². The largest absolute Gasteiger partial charge is 0.349 e. The summed E-state index contributed by atoms with van der Waals surface area (Å²) >= 11 is 0. The molecule has 5 heteroatoms. The summed E-state index contributed by atoms with van der Waals surface area (Å²) in [5.41, 5.74) is 1.38. The number of hydrogen-bond donors (Lipinski definition) is 2. The van der Waals surface area contributed by atoms with Gasteiger partial charge in [-0.05, 0) is 63.5 Å². The Morgan fingerprint density at radius 1 is 1.09 bits per heavy atom. The molecule has 0 bridgehead atoms. The highest BCUT2D eigenvalue weighted by atomic mass is 16.2. The highest BCUT2D eigenvalue weighted by molar-refractivity contribution is 5.97. The number of rotatable bonds is 4. The van der Waals surface area contributed by atoms with Crippen molar-refractivity contribution in [3.05, 3.63) is 29.8 Å². The van der Waals surface area contributed by atoms with E-state index in [1.807, 2.05) is 7.05 Å². The molecule has 2 aliphatic rings. The van der Waals surface area contributed by atoms with Crippen LogP contribution in [-0.2, 0) is 4.79 Å². The zero-order chi connectivity index (χ0) is 15.5. The SMILES string of the molecule is CN1CCCC[C@@H]1C(=O)Nc1ccc(C(=O)NC2CC2)cc1. The summed E-state index contributed by atoms with van der Waals surface area (Å²) in [5, 5.41) is 5.90. The average molecular weight is 301 g/mol. The fraction of sp³-hybridized carbons (Fsp3) is 0.529. The molecule has 1 saturated heterocycles. The fourth-order valence-electron chi connectivity index (χ4n) is 2.83. The van der Waals surface area contributed by atoms with E-state index >= 15 is 0 Å².